The van der Waals surface area contributed by atoms with Gasteiger partial charge in [0.25, 0.3) is 10.0 Å². The van der Waals surface area contributed by atoms with Crippen LogP contribution in [0.4, 0.5) is 10.1 Å². The van der Waals surface area contributed by atoms with Crippen molar-refractivity contribution in [1.82, 2.24) is 0 Å². The van der Waals surface area contributed by atoms with Gasteiger partial charge >= 0.3 is 0 Å². The molecule has 3 aromatic rings. The zero-order chi connectivity index (χ0) is 18.7. The Morgan fingerprint density at radius 3 is 2.38 bits per heavy atom. The first-order chi connectivity index (χ1) is 12.4. The van der Waals surface area contributed by atoms with Crippen LogP contribution >= 0.6 is 11.6 Å². The van der Waals surface area contributed by atoms with Crippen molar-refractivity contribution in [2.75, 3.05) is 4.72 Å². The van der Waals surface area contributed by atoms with Crippen LogP contribution in [-0.2, 0) is 10.0 Å². The van der Waals surface area contributed by atoms with E-state index in [1.807, 2.05) is 36.4 Å². The van der Waals surface area contributed by atoms with Crippen molar-refractivity contribution >= 4 is 27.3 Å². The maximum Gasteiger partial charge on any atom is 0.262 e. The second-order valence-corrected chi connectivity index (χ2v) is 7.51. The number of nitrogens with zero attached hydrogens (tertiary/aromatic N) is 1. The Morgan fingerprint density at radius 2 is 1.69 bits per heavy atom. The SMILES string of the molecule is N#Cc1cc(S(=O)(=O)Nc2cc(-c3ccccc3)ccc2F)ccc1Cl. The summed E-state index contributed by atoms with van der Waals surface area (Å²) in [6.07, 6.45) is 0. The lowest BCUT2D eigenvalue weighted by Crippen LogP contribution is -2.14. The fourth-order valence-corrected chi connectivity index (χ4v) is 3.62. The van der Waals surface area contributed by atoms with Crippen molar-refractivity contribution in [3.63, 3.8) is 0 Å². The standard InChI is InChI=1S/C19H12ClFN2O2S/c20-17-8-7-16(10-15(17)12-22)26(24,25)23-19-11-14(6-9-18(19)21)13-4-2-1-3-5-13/h1-11,23H. The van der Waals surface area contributed by atoms with Gasteiger partial charge in [-0.15, -0.1) is 0 Å². The van der Waals surface area contributed by atoms with Crippen molar-refractivity contribution in [3.8, 4) is 17.2 Å². The summed E-state index contributed by atoms with van der Waals surface area (Å²) in [6.45, 7) is 0. The molecule has 0 fully saturated rings. The number of halogens is 2. The summed E-state index contributed by atoms with van der Waals surface area (Å²) in [5.41, 5.74) is 1.33. The van der Waals surface area contributed by atoms with Crippen LogP contribution in [0.15, 0.2) is 71.6 Å². The molecule has 0 saturated carbocycles. The molecular weight excluding hydrogens is 375 g/mol. The van der Waals surface area contributed by atoms with Crippen LogP contribution in [0.25, 0.3) is 11.1 Å². The van der Waals surface area contributed by atoms with Crippen LogP contribution in [0.3, 0.4) is 0 Å². The van der Waals surface area contributed by atoms with Gasteiger partial charge in [0, 0.05) is 0 Å². The highest BCUT2D eigenvalue weighted by Crippen LogP contribution is 2.27. The second kappa shape index (κ2) is 7.16. The van der Waals surface area contributed by atoms with Crippen molar-refractivity contribution in [2.24, 2.45) is 0 Å². The summed E-state index contributed by atoms with van der Waals surface area (Å²) < 4.78 is 41.5. The first-order valence-electron chi connectivity index (χ1n) is 7.48. The first-order valence-corrected chi connectivity index (χ1v) is 9.34. The smallest absolute Gasteiger partial charge is 0.262 e. The molecule has 0 saturated heterocycles. The van der Waals surface area contributed by atoms with Crippen LogP contribution in [-0.4, -0.2) is 8.42 Å². The van der Waals surface area contributed by atoms with Crippen molar-refractivity contribution in [3.05, 3.63) is 83.1 Å². The van der Waals surface area contributed by atoms with E-state index in [2.05, 4.69) is 4.72 Å². The Hall–Kier alpha value is -2.88. The Labute approximate surface area is 155 Å². The molecule has 0 unspecified atom stereocenters. The van der Waals surface area contributed by atoms with Crippen LogP contribution in [0, 0.1) is 17.1 Å². The maximum absolute atomic E-state index is 14.1. The highest BCUT2D eigenvalue weighted by molar-refractivity contribution is 7.92. The summed E-state index contributed by atoms with van der Waals surface area (Å²) in [5.74, 6) is -0.706. The minimum Gasteiger partial charge on any atom is -0.277 e. The molecule has 1 N–H and O–H groups in total. The molecule has 0 heterocycles. The number of hydrogen-bond acceptors (Lipinski definition) is 3. The third-order valence-electron chi connectivity index (χ3n) is 3.69. The lowest BCUT2D eigenvalue weighted by Gasteiger charge is -2.11. The highest BCUT2D eigenvalue weighted by Gasteiger charge is 2.18. The Morgan fingerprint density at radius 1 is 0.962 bits per heavy atom. The van der Waals surface area contributed by atoms with Crippen molar-refractivity contribution < 1.29 is 12.8 Å². The van der Waals surface area contributed by atoms with Gasteiger partial charge in [0.15, 0.2) is 0 Å². The molecule has 3 aromatic carbocycles. The zero-order valence-corrected chi connectivity index (χ0v) is 14.9. The van der Waals surface area contributed by atoms with E-state index in [1.54, 1.807) is 6.07 Å². The minimum atomic E-state index is -4.08. The van der Waals surface area contributed by atoms with Gasteiger partial charge in [-0.05, 0) is 41.5 Å². The molecule has 7 heteroatoms. The van der Waals surface area contributed by atoms with E-state index in [4.69, 9.17) is 16.9 Å². The van der Waals surface area contributed by atoms with Gasteiger partial charge in [0.05, 0.1) is 21.2 Å². The Bertz CT molecular complexity index is 1110. The lowest BCUT2D eigenvalue weighted by atomic mass is 10.1. The maximum atomic E-state index is 14.1. The molecule has 0 bridgehead atoms. The van der Waals surface area contributed by atoms with Crippen LogP contribution in [0.5, 0.6) is 0 Å². The van der Waals surface area contributed by atoms with Gasteiger partial charge in [-0.1, -0.05) is 48.0 Å². The molecule has 4 nitrogen and oxygen atoms in total. The van der Waals surface area contributed by atoms with E-state index in [1.165, 1.54) is 24.3 Å². The van der Waals surface area contributed by atoms with Crippen molar-refractivity contribution in [2.45, 2.75) is 4.90 Å². The number of nitrogens with one attached hydrogen (secondary N) is 1. The van der Waals surface area contributed by atoms with Gasteiger partial charge in [-0.3, -0.25) is 4.72 Å². The molecule has 0 aromatic heterocycles. The number of rotatable bonds is 4. The number of benzene rings is 3. The monoisotopic (exact) mass is 386 g/mol. The number of anilines is 1. The van der Waals surface area contributed by atoms with Crippen LogP contribution < -0.4 is 4.72 Å². The Kier molecular flexibility index (Phi) is 4.94. The molecular formula is C19H12ClFN2O2S. The van der Waals surface area contributed by atoms with E-state index in [0.717, 1.165) is 11.6 Å². The first kappa shape index (κ1) is 17.9. The molecule has 3 rings (SSSR count). The fourth-order valence-electron chi connectivity index (χ4n) is 2.37. The molecule has 0 atom stereocenters. The quantitative estimate of drug-likeness (QED) is 0.698. The third-order valence-corrected chi connectivity index (χ3v) is 5.38. The summed E-state index contributed by atoms with van der Waals surface area (Å²) >= 11 is 5.82. The number of hydrogen-bond donors (Lipinski definition) is 1. The fraction of sp³-hybridized carbons (Fsp3) is 0. The average Bonchev–Trinajstić information content (AvgIpc) is 2.64. The van der Waals surface area contributed by atoms with E-state index in [-0.39, 0.29) is 21.2 Å². The van der Waals surface area contributed by atoms with Gasteiger partial charge in [-0.2, -0.15) is 5.26 Å². The summed E-state index contributed by atoms with van der Waals surface area (Å²) in [4.78, 5) is -0.178. The number of nitriles is 1. The van der Waals surface area contributed by atoms with Gasteiger partial charge in [0.2, 0.25) is 0 Å². The predicted octanol–water partition coefficient (Wildman–Crippen LogP) is 4.82. The molecule has 0 amide bonds. The van der Waals surface area contributed by atoms with Crippen LogP contribution in [0.1, 0.15) is 5.56 Å². The molecule has 0 spiro atoms. The topological polar surface area (TPSA) is 70.0 Å². The van der Waals surface area contributed by atoms with E-state index < -0.39 is 15.8 Å². The molecule has 26 heavy (non-hydrogen) atoms. The van der Waals surface area contributed by atoms with Crippen LogP contribution in [0.2, 0.25) is 5.02 Å². The molecule has 0 radical (unpaired) electrons. The molecule has 0 aliphatic heterocycles. The van der Waals surface area contributed by atoms with Gasteiger partial charge in [0.1, 0.15) is 11.9 Å². The van der Waals surface area contributed by atoms with E-state index >= 15 is 0 Å². The van der Waals surface area contributed by atoms with E-state index in [0.29, 0.717) is 5.56 Å². The third kappa shape index (κ3) is 3.69. The minimum absolute atomic E-state index is 0.0213. The highest BCUT2D eigenvalue weighted by atomic mass is 35.5. The molecule has 0 aliphatic carbocycles. The summed E-state index contributed by atoms with van der Waals surface area (Å²) in [5, 5.41) is 9.14. The number of sulfonamides is 1. The van der Waals surface area contributed by atoms with Gasteiger partial charge < -0.3 is 0 Å². The van der Waals surface area contributed by atoms with E-state index in [9.17, 15) is 12.8 Å². The normalized spacial score (nSPS) is 11.0. The average molecular weight is 387 g/mol. The summed E-state index contributed by atoms with van der Waals surface area (Å²) in [6, 6.07) is 18.9. The van der Waals surface area contributed by atoms with Gasteiger partial charge in [-0.25, -0.2) is 12.8 Å². The Balaban J connectivity index is 1.99. The summed E-state index contributed by atoms with van der Waals surface area (Å²) in [7, 11) is -4.08. The predicted molar refractivity (Wildman–Crippen MR) is 98.8 cm³/mol. The largest absolute Gasteiger partial charge is 0.277 e. The van der Waals surface area contributed by atoms with Crippen molar-refractivity contribution in [1.29, 1.82) is 5.26 Å². The molecule has 130 valence electrons. The lowest BCUT2D eigenvalue weighted by molar-refractivity contribution is 0.598. The molecule has 0 aliphatic rings. The second-order valence-electron chi connectivity index (χ2n) is 5.42. The zero-order valence-electron chi connectivity index (χ0n) is 13.3.